The molecule has 6 heteroatoms. The zero-order chi connectivity index (χ0) is 14.4. The number of amides is 1. The number of anilines is 3. The van der Waals surface area contributed by atoms with Gasteiger partial charge in [-0.15, -0.1) is 12.4 Å². The maximum Gasteiger partial charge on any atom is 0.247 e. The van der Waals surface area contributed by atoms with Crippen molar-refractivity contribution in [3.05, 3.63) is 60.7 Å². The average molecular weight is 305 g/mol. The third kappa shape index (κ3) is 4.81. The molecule has 1 aromatic carbocycles. The second kappa shape index (κ2) is 7.91. The molecule has 0 radical (unpaired) electrons. The highest BCUT2D eigenvalue weighted by Crippen LogP contribution is 2.19. The first kappa shape index (κ1) is 16.5. The van der Waals surface area contributed by atoms with Gasteiger partial charge in [0.05, 0.1) is 5.69 Å². The molecular formula is C15H17ClN4O. The van der Waals surface area contributed by atoms with Crippen molar-refractivity contribution in [1.29, 1.82) is 0 Å². The highest BCUT2D eigenvalue weighted by atomic mass is 35.5. The number of hydrogen-bond acceptors (Lipinski definition) is 4. The minimum absolute atomic E-state index is 0. The summed E-state index contributed by atoms with van der Waals surface area (Å²) < 4.78 is 0. The molecule has 0 aliphatic heterocycles. The molecule has 5 nitrogen and oxygen atoms in total. The van der Waals surface area contributed by atoms with Gasteiger partial charge in [-0.05, 0) is 23.8 Å². The molecule has 0 saturated carbocycles. The highest BCUT2D eigenvalue weighted by Gasteiger charge is 2.04. The number of pyridine rings is 1. The van der Waals surface area contributed by atoms with Crippen molar-refractivity contribution in [3.63, 3.8) is 0 Å². The summed E-state index contributed by atoms with van der Waals surface area (Å²) in [6.45, 7) is 4.04. The quantitative estimate of drug-likeness (QED) is 0.742. The van der Waals surface area contributed by atoms with Crippen LogP contribution >= 0.6 is 12.4 Å². The van der Waals surface area contributed by atoms with Crippen molar-refractivity contribution < 1.29 is 4.79 Å². The predicted molar refractivity (Wildman–Crippen MR) is 88.5 cm³/mol. The van der Waals surface area contributed by atoms with E-state index in [4.69, 9.17) is 5.73 Å². The Morgan fingerprint density at radius 3 is 2.57 bits per heavy atom. The monoisotopic (exact) mass is 304 g/mol. The van der Waals surface area contributed by atoms with Crippen LogP contribution in [0.5, 0.6) is 0 Å². The summed E-state index contributed by atoms with van der Waals surface area (Å²) in [5.41, 5.74) is 7.42. The van der Waals surface area contributed by atoms with E-state index < -0.39 is 0 Å². The SMILES string of the molecule is C=CC(=O)Nc1ccc(NCc2ccccc2)nc1N.Cl. The number of halogens is 1. The van der Waals surface area contributed by atoms with Crippen molar-refractivity contribution in [1.82, 2.24) is 4.98 Å². The molecule has 0 bridgehead atoms. The number of rotatable bonds is 5. The van der Waals surface area contributed by atoms with Crippen LogP contribution in [0.2, 0.25) is 0 Å². The van der Waals surface area contributed by atoms with Crippen LogP contribution in [0.15, 0.2) is 55.1 Å². The molecule has 0 atom stereocenters. The van der Waals surface area contributed by atoms with Gasteiger partial charge in [0.2, 0.25) is 5.91 Å². The summed E-state index contributed by atoms with van der Waals surface area (Å²) in [4.78, 5) is 15.4. The fourth-order valence-electron chi connectivity index (χ4n) is 1.65. The first-order chi connectivity index (χ1) is 9.69. The molecule has 2 aromatic rings. The minimum Gasteiger partial charge on any atom is -0.382 e. The largest absolute Gasteiger partial charge is 0.382 e. The number of nitrogens with zero attached hydrogens (tertiary/aromatic N) is 1. The van der Waals surface area contributed by atoms with Gasteiger partial charge in [-0.1, -0.05) is 36.9 Å². The Kier molecular flexibility index (Phi) is 6.23. The molecule has 1 aromatic heterocycles. The normalized spacial score (nSPS) is 9.33. The van der Waals surface area contributed by atoms with E-state index >= 15 is 0 Å². The Morgan fingerprint density at radius 2 is 1.95 bits per heavy atom. The van der Waals surface area contributed by atoms with Gasteiger partial charge < -0.3 is 16.4 Å². The lowest BCUT2D eigenvalue weighted by Gasteiger charge is -2.09. The first-order valence-corrected chi connectivity index (χ1v) is 6.17. The molecule has 2 rings (SSSR count). The van der Waals surface area contributed by atoms with Gasteiger partial charge in [0.1, 0.15) is 11.6 Å². The molecule has 1 heterocycles. The average Bonchev–Trinajstić information content (AvgIpc) is 2.48. The van der Waals surface area contributed by atoms with Crippen LogP contribution in [0.25, 0.3) is 0 Å². The lowest BCUT2D eigenvalue weighted by Crippen LogP contribution is -2.11. The van der Waals surface area contributed by atoms with Crippen LogP contribution in [-0.2, 0) is 11.3 Å². The second-order valence-electron chi connectivity index (χ2n) is 4.16. The molecule has 21 heavy (non-hydrogen) atoms. The zero-order valence-electron chi connectivity index (χ0n) is 11.4. The number of carbonyl (C=O) groups excluding carboxylic acids is 1. The molecule has 0 saturated heterocycles. The predicted octanol–water partition coefficient (Wildman–Crippen LogP) is 2.82. The van der Waals surface area contributed by atoms with Gasteiger partial charge in [0, 0.05) is 6.54 Å². The molecule has 0 spiro atoms. The van der Waals surface area contributed by atoms with Crippen molar-refractivity contribution >= 4 is 35.6 Å². The van der Waals surface area contributed by atoms with Crippen molar-refractivity contribution in [2.24, 2.45) is 0 Å². The number of carbonyl (C=O) groups is 1. The number of benzene rings is 1. The Hall–Kier alpha value is -2.53. The number of nitrogens with one attached hydrogen (secondary N) is 2. The lowest BCUT2D eigenvalue weighted by molar-refractivity contribution is -0.111. The van der Waals surface area contributed by atoms with Crippen LogP contribution in [0, 0.1) is 0 Å². The number of nitrogen functional groups attached to an aromatic ring is 1. The van der Waals surface area contributed by atoms with Gasteiger partial charge >= 0.3 is 0 Å². The number of hydrogen-bond donors (Lipinski definition) is 3. The van der Waals surface area contributed by atoms with Crippen molar-refractivity contribution in [2.45, 2.75) is 6.54 Å². The zero-order valence-corrected chi connectivity index (χ0v) is 12.2. The minimum atomic E-state index is -0.316. The van der Waals surface area contributed by atoms with Crippen molar-refractivity contribution in [3.8, 4) is 0 Å². The van der Waals surface area contributed by atoms with E-state index in [1.807, 2.05) is 30.3 Å². The highest BCUT2D eigenvalue weighted by molar-refractivity contribution is 6.00. The molecule has 110 valence electrons. The van der Waals surface area contributed by atoms with E-state index in [2.05, 4.69) is 22.2 Å². The molecule has 0 fully saturated rings. The second-order valence-corrected chi connectivity index (χ2v) is 4.16. The van der Waals surface area contributed by atoms with Gasteiger partial charge in [-0.3, -0.25) is 4.79 Å². The van der Waals surface area contributed by atoms with Gasteiger partial charge in [0.25, 0.3) is 0 Å². The van der Waals surface area contributed by atoms with E-state index in [1.54, 1.807) is 12.1 Å². The molecule has 0 unspecified atom stereocenters. The van der Waals surface area contributed by atoms with E-state index in [0.717, 1.165) is 5.56 Å². The molecular weight excluding hydrogens is 288 g/mol. The summed E-state index contributed by atoms with van der Waals surface area (Å²) in [5.74, 6) is 0.602. The fraction of sp³-hybridized carbons (Fsp3) is 0.0667. The first-order valence-electron chi connectivity index (χ1n) is 6.17. The molecule has 0 aliphatic rings. The number of nitrogens with two attached hydrogens (primary N) is 1. The summed E-state index contributed by atoms with van der Waals surface area (Å²) in [6, 6.07) is 13.4. The molecule has 0 aliphatic carbocycles. The Balaban J connectivity index is 0.00000220. The van der Waals surface area contributed by atoms with Crippen LogP contribution in [0.3, 0.4) is 0 Å². The smallest absolute Gasteiger partial charge is 0.247 e. The summed E-state index contributed by atoms with van der Waals surface area (Å²) in [7, 11) is 0. The van der Waals surface area contributed by atoms with E-state index in [9.17, 15) is 4.79 Å². The number of aromatic nitrogens is 1. The maximum absolute atomic E-state index is 11.2. The Labute approximate surface area is 129 Å². The topological polar surface area (TPSA) is 80.0 Å². The summed E-state index contributed by atoms with van der Waals surface area (Å²) in [5, 5.41) is 5.76. The third-order valence-electron chi connectivity index (χ3n) is 2.68. The third-order valence-corrected chi connectivity index (χ3v) is 2.68. The Morgan fingerprint density at radius 1 is 1.24 bits per heavy atom. The van der Waals surface area contributed by atoms with Gasteiger partial charge in [-0.25, -0.2) is 4.98 Å². The maximum atomic E-state index is 11.2. The lowest BCUT2D eigenvalue weighted by atomic mass is 10.2. The standard InChI is InChI=1S/C15H16N4O.ClH/c1-2-14(20)18-12-8-9-13(19-15(12)16)17-10-11-6-4-3-5-7-11;/h2-9H,1,10H2,(H,18,20)(H3,16,17,19);1H. The van der Waals surface area contributed by atoms with Gasteiger partial charge in [-0.2, -0.15) is 0 Å². The molecule has 4 N–H and O–H groups in total. The van der Waals surface area contributed by atoms with Crippen LogP contribution in [-0.4, -0.2) is 10.9 Å². The molecule has 1 amide bonds. The van der Waals surface area contributed by atoms with E-state index in [-0.39, 0.29) is 24.1 Å². The van der Waals surface area contributed by atoms with E-state index in [0.29, 0.717) is 18.1 Å². The van der Waals surface area contributed by atoms with Crippen LogP contribution < -0.4 is 16.4 Å². The van der Waals surface area contributed by atoms with E-state index in [1.165, 1.54) is 6.08 Å². The fourth-order valence-corrected chi connectivity index (χ4v) is 1.65. The summed E-state index contributed by atoms with van der Waals surface area (Å²) in [6.07, 6.45) is 1.18. The van der Waals surface area contributed by atoms with Crippen LogP contribution in [0.1, 0.15) is 5.56 Å². The summed E-state index contributed by atoms with van der Waals surface area (Å²) >= 11 is 0. The van der Waals surface area contributed by atoms with Crippen LogP contribution in [0.4, 0.5) is 17.3 Å². The van der Waals surface area contributed by atoms with Gasteiger partial charge in [0.15, 0.2) is 0 Å². The Bertz CT molecular complexity index is 616. The van der Waals surface area contributed by atoms with Crippen molar-refractivity contribution in [2.75, 3.05) is 16.4 Å².